The maximum atomic E-state index is 13.4. The SMILES string of the molecule is CCOC(=O)c1cc(C)nn1-c1cc(N)[nH]c2nn(C)c(-c3ccc(F)cc3)c2ccn1. The lowest BCUT2D eigenvalue weighted by molar-refractivity contribution is 0.0515. The van der Waals surface area contributed by atoms with E-state index in [0.29, 0.717) is 17.2 Å². The quantitative estimate of drug-likeness (QED) is 0.474. The van der Waals surface area contributed by atoms with Crippen molar-refractivity contribution >= 4 is 22.8 Å². The van der Waals surface area contributed by atoms with Crippen molar-refractivity contribution in [1.29, 1.82) is 0 Å². The summed E-state index contributed by atoms with van der Waals surface area (Å²) < 4.78 is 21.6. The number of aryl methyl sites for hydroxylation is 2. The third-order valence-corrected chi connectivity index (χ3v) is 4.73. The number of carbonyl (C=O) groups is 1. The van der Waals surface area contributed by atoms with E-state index in [4.69, 9.17) is 10.5 Å². The number of hydrogen-bond acceptors (Lipinski definition) is 6. The van der Waals surface area contributed by atoms with Gasteiger partial charge in [-0.25, -0.2) is 18.9 Å². The van der Waals surface area contributed by atoms with Gasteiger partial charge < -0.3 is 15.5 Å². The smallest absolute Gasteiger partial charge is 0.357 e. The van der Waals surface area contributed by atoms with Crippen LogP contribution in [0.4, 0.5) is 10.2 Å². The zero-order valence-corrected chi connectivity index (χ0v) is 17.8. The van der Waals surface area contributed by atoms with Crippen molar-refractivity contribution in [2.45, 2.75) is 13.8 Å². The summed E-state index contributed by atoms with van der Waals surface area (Å²) in [6.07, 6.45) is 1.57. The number of anilines is 1. The van der Waals surface area contributed by atoms with Crippen LogP contribution in [0.3, 0.4) is 0 Å². The van der Waals surface area contributed by atoms with E-state index in [1.165, 1.54) is 16.8 Å². The molecule has 0 atom stereocenters. The van der Waals surface area contributed by atoms with Crippen LogP contribution in [0.2, 0.25) is 0 Å². The van der Waals surface area contributed by atoms with E-state index in [1.54, 1.807) is 62.1 Å². The van der Waals surface area contributed by atoms with Crippen molar-refractivity contribution in [2.75, 3.05) is 12.3 Å². The molecule has 3 aromatic heterocycles. The van der Waals surface area contributed by atoms with E-state index in [2.05, 4.69) is 20.2 Å². The van der Waals surface area contributed by atoms with Crippen LogP contribution in [-0.4, -0.2) is 42.1 Å². The molecule has 9 nitrogen and oxygen atoms in total. The van der Waals surface area contributed by atoms with Crippen LogP contribution in [0.15, 0.2) is 48.7 Å². The molecule has 0 spiro atoms. The van der Waals surface area contributed by atoms with Gasteiger partial charge in [-0.05, 0) is 50.2 Å². The van der Waals surface area contributed by atoms with Crippen molar-refractivity contribution in [3.05, 3.63) is 65.9 Å². The Hall–Kier alpha value is -4.21. The van der Waals surface area contributed by atoms with Crippen LogP contribution < -0.4 is 5.73 Å². The average Bonchev–Trinajstić information content (AvgIpc) is 3.29. The Balaban J connectivity index is 1.91. The number of H-pyrrole nitrogens is 1. The number of aromatic nitrogens is 6. The average molecular weight is 435 g/mol. The van der Waals surface area contributed by atoms with Crippen molar-refractivity contribution in [1.82, 2.24) is 29.5 Å². The molecule has 0 aliphatic rings. The number of halogens is 1. The molecule has 0 unspecified atom stereocenters. The molecule has 0 bridgehead atoms. The van der Waals surface area contributed by atoms with Crippen LogP contribution in [0.25, 0.3) is 28.1 Å². The van der Waals surface area contributed by atoms with Gasteiger partial charge in [0.2, 0.25) is 0 Å². The fourth-order valence-electron chi connectivity index (χ4n) is 3.42. The summed E-state index contributed by atoms with van der Waals surface area (Å²) in [6, 6.07) is 11.1. The second-order valence-electron chi connectivity index (χ2n) is 7.07. The molecule has 10 heteroatoms. The first kappa shape index (κ1) is 21.0. The summed E-state index contributed by atoms with van der Waals surface area (Å²) in [4.78, 5) is 19.9. The lowest BCUT2D eigenvalue weighted by Crippen LogP contribution is -2.12. The second kappa shape index (κ2) is 8.50. The number of ether oxygens (including phenoxy) is 1. The van der Waals surface area contributed by atoms with Gasteiger partial charge in [0.05, 0.1) is 18.0 Å². The van der Waals surface area contributed by atoms with E-state index in [1.807, 2.05) is 0 Å². The fraction of sp³-hybridized carbons (Fsp3) is 0.182. The number of hydrogen-bond donors (Lipinski definition) is 2. The minimum Gasteiger partial charge on any atom is -0.461 e. The summed E-state index contributed by atoms with van der Waals surface area (Å²) in [7, 11) is 1.79. The molecule has 0 saturated heterocycles. The lowest BCUT2D eigenvalue weighted by Gasteiger charge is -2.05. The third-order valence-electron chi connectivity index (χ3n) is 4.73. The Labute approximate surface area is 183 Å². The molecule has 4 aromatic rings. The summed E-state index contributed by atoms with van der Waals surface area (Å²) in [5, 5.41) is 9.60. The van der Waals surface area contributed by atoms with Gasteiger partial charge in [0.1, 0.15) is 11.6 Å². The third kappa shape index (κ3) is 4.02. The van der Waals surface area contributed by atoms with E-state index in [9.17, 15) is 9.18 Å². The monoisotopic (exact) mass is 435 g/mol. The molecule has 0 amide bonds. The summed E-state index contributed by atoms with van der Waals surface area (Å²) in [6.45, 7) is 3.74. The second-order valence-corrected chi connectivity index (χ2v) is 7.07. The van der Waals surface area contributed by atoms with Crippen molar-refractivity contribution in [2.24, 2.45) is 7.05 Å². The van der Waals surface area contributed by atoms with E-state index < -0.39 is 5.97 Å². The summed E-state index contributed by atoms with van der Waals surface area (Å²) >= 11 is 0. The molecule has 164 valence electrons. The van der Waals surface area contributed by atoms with Gasteiger partial charge in [0.25, 0.3) is 0 Å². The van der Waals surface area contributed by atoms with Crippen molar-refractivity contribution < 1.29 is 13.9 Å². The Kier molecular flexibility index (Phi) is 5.59. The topological polar surface area (TPSA) is 117 Å². The number of esters is 1. The van der Waals surface area contributed by atoms with E-state index in [0.717, 1.165) is 16.6 Å². The molecule has 3 N–H and O–H groups in total. The Morgan fingerprint density at radius 2 is 1.94 bits per heavy atom. The first-order valence-corrected chi connectivity index (χ1v) is 9.93. The lowest BCUT2D eigenvalue weighted by atomic mass is 10.1. The maximum absolute atomic E-state index is 13.4. The minimum atomic E-state index is -0.510. The molecular weight excluding hydrogens is 413 g/mol. The molecule has 0 saturated carbocycles. The van der Waals surface area contributed by atoms with Gasteiger partial charge in [0, 0.05) is 30.3 Å². The number of nitrogen functional groups attached to an aromatic ring is 1. The molecule has 32 heavy (non-hydrogen) atoms. The summed E-state index contributed by atoms with van der Waals surface area (Å²) in [5.41, 5.74) is 9.13. The van der Waals surface area contributed by atoms with Crippen LogP contribution in [0.5, 0.6) is 0 Å². The van der Waals surface area contributed by atoms with Gasteiger partial charge >= 0.3 is 5.97 Å². The number of fused-ring (bicyclic) bond motifs is 1. The standard InChI is InChI=1S/C22H22FN7O2/c1-4-32-22(31)17-11-13(2)27-30(17)19-12-18(24)26-21-16(9-10-25-19)20(29(3)28-21)14-5-7-15(23)8-6-14/h5-12H,4,24H2,1-3H3,(H,26,28). The van der Waals surface area contributed by atoms with Crippen molar-refractivity contribution in [3.63, 3.8) is 0 Å². The van der Waals surface area contributed by atoms with Gasteiger partial charge in [-0.1, -0.05) is 0 Å². The number of carbonyl (C=O) groups excluding carboxylic acids is 1. The Morgan fingerprint density at radius 3 is 2.66 bits per heavy atom. The van der Waals surface area contributed by atoms with E-state index in [-0.39, 0.29) is 23.9 Å². The zero-order chi connectivity index (χ0) is 22.8. The predicted molar refractivity (Wildman–Crippen MR) is 118 cm³/mol. The number of nitrogens with one attached hydrogen (secondary N) is 1. The number of nitrogens with zero attached hydrogens (tertiary/aromatic N) is 5. The highest BCUT2D eigenvalue weighted by Gasteiger charge is 2.17. The van der Waals surface area contributed by atoms with Gasteiger partial charge in [0.15, 0.2) is 17.2 Å². The molecule has 4 rings (SSSR count). The highest BCUT2D eigenvalue weighted by molar-refractivity contribution is 5.91. The van der Waals surface area contributed by atoms with Gasteiger partial charge in [-0.3, -0.25) is 4.68 Å². The first-order valence-electron chi connectivity index (χ1n) is 9.93. The fourth-order valence-corrected chi connectivity index (χ4v) is 3.42. The number of aromatic amines is 1. The molecule has 0 aliphatic heterocycles. The Morgan fingerprint density at radius 1 is 1.19 bits per heavy atom. The molecular formula is C22H22FN7O2. The molecule has 0 aliphatic carbocycles. The molecule has 0 radical (unpaired) electrons. The zero-order valence-electron chi connectivity index (χ0n) is 17.8. The molecule has 1 aromatic carbocycles. The highest BCUT2D eigenvalue weighted by Crippen LogP contribution is 2.27. The van der Waals surface area contributed by atoms with Crippen LogP contribution in [0.1, 0.15) is 23.1 Å². The number of rotatable bonds is 4. The van der Waals surface area contributed by atoms with Crippen molar-refractivity contribution in [3.8, 4) is 17.1 Å². The highest BCUT2D eigenvalue weighted by atomic mass is 19.1. The minimum absolute atomic E-state index is 0.239. The Bertz CT molecular complexity index is 1350. The number of benzene rings is 1. The van der Waals surface area contributed by atoms with Gasteiger partial charge in [-0.2, -0.15) is 10.2 Å². The normalized spacial score (nSPS) is 10.9. The maximum Gasteiger partial charge on any atom is 0.357 e. The predicted octanol–water partition coefficient (Wildman–Crippen LogP) is 3.48. The largest absolute Gasteiger partial charge is 0.461 e. The molecule has 0 fully saturated rings. The number of nitrogens with two attached hydrogens (primary N) is 1. The van der Waals surface area contributed by atoms with Crippen LogP contribution in [0, 0.1) is 12.7 Å². The van der Waals surface area contributed by atoms with E-state index >= 15 is 0 Å². The first-order chi connectivity index (χ1) is 15.4. The molecule has 3 heterocycles. The van der Waals surface area contributed by atoms with Gasteiger partial charge in [-0.15, -0.1) is 0 Å². The van der Waals surface area contributed by atoms with Crippen LogP contribution >= 0.6 is 0 Å². The van der Waals surface area contributed by atoms with Crippen LogP contribution in [-0.2, 0) is 11.8 Å². The summed E-state index contributed by atoms with van der Waals surface area (Å²) in [5.74, 6) is -0.262.